The molecule has 122 valence electrons. The summed E-state index contributed by atoms with van der Waals surface area (Å²) in [6, 6.07) is 11.8. The van der Waals surface area contributed by atoms with E-state index in [0.29, 0.717) is 10.0 Å². The van der Waals surface area contributed by atoms with Crippen LogP contribution in [-0.4, -0.2) is 26.9 Å². The minimum atomic E-state index is -0.418. The van der Waals surface area contributed by atoms with Crippen LogP contribution >= 0.6 is 22.9 Å². The highest BCUT2D eigenvalue weighted by Crippen LogP contribution is 2.29. The number of rotatable bonds is 4. The van der Waals surface area contributed by atoms with Gasteiger partial charge in [-0.05, 0) is 55.0 Å². The fraction of sp³-hybridized carbons (Fsp3) is 0.0625. The SMILES string of the molecule is CC(=NNC(=O)c1cc(-c2ccc(Cl)s2)[nH]n1)c1ccc(O)cc1. The number of aromatic nitrogens is 2. The summed E-state index contributed by atoms with van der Waals surface area (Å²) in [7, 11) is 0. The molecule has 0 saturated heterocycles. The molecule has 6 nitrogen and oxygen atoms in total. The van der Waals surface area contributed by atoms with Gasteiger partial charge in [0.1, 0.15) is 5.75 Å². The van der Waals surface area contributed by atoms with Gasteiger partial charge in [-0.25, -0.2) is 5.43 Å². The molecule has 0 saturated carbocycles. The Morgan fingerprint density at radius 1 is 1.29 bits per heavy atom. The summed E-state index contributed by atoms with van der Waals surface area (Å²) in [5, 5.41) is 20.1. The minimum Gasteiger partial charge on any atom is -0.508 e. The fourth-order valence-electron chi connectivity index (χ4n) is 1.98. The Bertz CT molecular complexity index is 899. The molecule has 2 heterocycles. The molecule has 3 rings (SSSR count). The van der Waals surface area contributed by atoms with Gasteiger partial charge < -0.3 is 5.11 Å². The van der Waals surface area contributed by atoms with E-state index < -0.39 is 5.91 Å². The number of aromatic hydroxyl groups is 1. The van der Waals surface area contributed by atoms with E-state index in [1.54, 1.807) is 43.3 Å². The Kier molecular flexibility index (Phi) is 4.64. The van der Waals surface area contributed by atoms with E-state index in [4.69, 9.17) is 11.6 Å². The van der Waals surface area contributed by atoms with Crippen molar-refractivity contribution in [3.05, 3.63) is 58.1 Å². The Morgan fingerprint density at radius 2 is 2.04 bits per heavy atom. The number of thiophene rings is 1. The predicted molar refractivity (Wildman–Crippen MR) is 94.7 cm³/mol. The number of carbonyl (C=O) groups is 1. The molecule has 0 atom stereocenters. The Hall–Kier alpha value is -2.64. The van der Waals surface area contributed by atoms with Gasteiger partial charge in [-0.15, -0.1) is 11.3 Å². The quantitative estimate of drug-likeness (QED) is 0.490. The van der Waals surface area contributed by atoms with Gasteiger partial charge in [0.2, 0.25) is 0 Å². The van der Waals surface area contributed by atoms with Crippen LogP contribution in [0.2, 0.25) is 4.34 Å². The van der Waals surface area contributed by atoms with E-state index >= 15 is 0 Å². The van der Waals surface area contributed by atoms with E-state index in [1.807, 2.05) is 6.07 Å². The van der Waals surface area contributed by atoms with Crippen LogP contribution in [-0.2, 0) is 0 Å². The molecule has 0 radical (unpaired) electrons. The van der Waals surface area contributed by atoms with E-state index in [1.165, 1.54) is 11.3 Å². The molecule has 0 bridgehead atoms. The van der Waals surface area contributed by atoms with Crippen LogP contribution in [0.3, 0.4) is 0 Å². The normalized spacial score (nSPS) is 11.5. The number of phenols is 1. The molecule has 0 unspecified atom stereocenters. The number of hydrogen-bond acceptors (Lipinski definition) is 5. The number of phenolic OH excluding ortho intramolecular Hbond substituents is 1. The average molecular weight is 361 g/mol. The standard InChI is InChI=1S/C16H13ClN4O2S/c1-9(10-2-4-11(22)5-3-10)18-21-16(23)13-8-12(19-20-13)14-6-7-15(17)24-14/h2-8,22H,1H3,(H,19,20)(H,21,23). The summed E-state index contributed by atoms with van der Waals surface area (Å²) in [6.07, 6.45) is 0. The lowest BCUT2D eigenvalue weighted by Gasteiger charge is -2.01. The van der Waals surface area contributed by atoms with E-state index in [2.05, 4.69) is 20.7 Å². The first-order chi connectivity index (χ1) is 11.5. The van der Waals surface area contributed by atoms with E-state index in [0.717, 1.165) is 16.1 Å². The maximum atomic E-state index is 12.1. The van der Waals surface area contributed by atoms with Gasteiger partial charge in [-0.3, -0.25) is 9.89 Å². The third-order valence-corrected chi connectivity index (χ3v) is 4.52. The molecule has 0 aliphatic heterocycles. The van der Waals surface area contributed by atoms with Crippen LogP contribution in [0, 0.1) is 0 Å². The lowest BCUT2D eigenvalue weighted by molar-refractivity contribution is 0.0950. The Balaban J connectivity index is 1.70. The lowest BCUT2D eigenvalue weighted by atomic mass is 10.1. The van der Waals surface area contributed by atoms with Crippen molar-refractivity contribution in [2.45, 2.75) is 6.92 Å². The molecule has 1 amide bonds. The van der Waals surface area contributed by atoms with Crippen molar-refractivity contribution < 1.29 is 9.90 Å². The number of halogens is 1. The molecule has 0 aliphatic rings. The van der Waals surface area contributed by atoms with Crippen LogP contribution in [0.5, 0.6) is 5.75 Å². The maximum absolute atomic E-state index is 12.1. The molecule has 0 aliphatic carbocycles. The third-order valence-electron chi connectivity index (χ3n) is 3.26. The van der Waals surface area contributed by atoms with Gasteiger partial charge >= 0.3 is 0 Å². The molecule has 8 heteroatoms. The summed E-state index contributed by atoms with van der Waals surface area (Å²) in [6.45, 7) is 1.76. The highest BCUT2D eigenvalue weighted by Gasteiger charge is 2.12. The first kappa shape index (κ1) is 16.2. The first-order valence-corrected chi connectivity index (χ1v) is 8.17. The molecule has 0 fully saturated rings. The van der Waals surface area contributed by atoms with Gasteiger partial charge in [-0.1, -0.05) is 11.6 Å². The van der Waals surface area contributed by atoms with Crippen LogP contribution in [0.15, 0.2) is 47.6 Å². The number of nitrogens with one attached hydrogen (secondary N) is 2. The first-order valence-electron chi connectivity index (χ1n) is 6.98. The van der Waals surface area contributed by atoms with E-state index in [9.17, 15) is 9.90 Å². The third kappa shape index (κ3) is 3.64. The summed E-state index contributed by atoms with van der Waals surface area (Å²) < 4.78 is 0.666. The molecule has 1 aromatic carbocycles. The molecule has 2 aromatic heterocycles. The van der Waals surface area contributed by atoms with Crippen molar-refractivity contribution >= 4 is 34.6 Å². The summed E-state index contributed by atoms with van der Waals surface area (Å²) >= 11 is 7.30. The highest BCUT2D eigenvalue weighted by atomic mass is 35.5. The smallest absolute Gasteiger partial charge is 0.291 e. The Labute approximate surface area is 146 Å². The molecule has 24 heavy (non-hydrogen) atoms. The number of aromatic amines is 1. The minimum absolute atomic E-state index is 0.174. The summed E-state index contributed by atoms with van der Waals surface area (Å²) in [5.41, 5.74) is 4.83. The Morgan fingerprint density at radius 3 is 2.71 bits per heavy atom. The number of H-pyrrole nitrogens is 1. The summed E-state index contributed by atoms with van der Waals surface area (Å²) in [4.78, 5) is 13.0. The van der Waals surface area contributed by atoms with Crippen molar-refractivity contribution in [1.29, 1.82) is 0 Å². The van der Waals surface area contributed by atoms with Gasteiger partial charge in [0.15, 0.2) is 5.69 Å². The fourth-order valence-corrected chi connectivity index (χ4v) is 2.99. The number of carbonyl (C=O) groups excluding carboxylic acids is 1. The number of benzene rings is 1. The van der Waals surface area contributed by atoms with Crippen molar-refractivity contribution in [2.24, 2.45) is 5.10 Å². The van der Waals surface area contributed by atoms with Crippen LogP contribution < -0.4 is 5.43 Å². The van der Waals surface area contributed by atoms with Gasteiger partial charge in [0, 0.05) is 0 Å². The highest BCUT2D eigenvalue weighted by molar-refractivity contribution is 7.19. The van der Waals surface area contributed by atoms with Gasteiger partial charge in [0.05, 0.1) is 20.6 Å². The van der Waals surface area contributed by atoms with Crippen molar-refractivity contribution in [3.63, 3.8) is 0 Å². The molecular weight excluding hydrogens is 348 g/mol. The number of amides is 1. The topological polar surface area (TPSA) is 90.4 Å². The monoisotopic (exact) mass is 360 g/mol. The molecular formula is C16H13ClN4O2S. The second-order valence-corrected chi connectivity index (χ2v) is 6.67. The second-order valence-electron chi connectivity index (χ2n) is 4.96. The molecule has 3 aromatic rings. The zero-order chi connectivity index (χ0) is 17.1. The van der Waals surface area contributed by atoms with Gasteiger partial charge in [0.25, 0.3) is 5.91 Å². The molecule has 0 spiro atoms. The molecule has 3 N–H and O–H groups in total. The average Bonchev–Trinajstić information content (AvgIpc) is 3.22. The van der Waals surface area contributed by atoms with Crippen molar-refractivity contribution in [2.75, 3.05) is 0 Å². The predicted octanol–water partition coefficient (Wildman–Crippen LogP) is 3.65. The lowest BCUT2D eigenvalue weighted by Crippen LogP contribution is -2.19. The van der Waals surface area contributed by atoms with E-state index in [-0.39, 0.29) is 11.4 Å². The number of nitrogens with zero attached hydrogens (tertiary/aromatic N) is 2. The zero-order valence-corrected chi connectivity index (χ0v) is 14.1. The van der Waals surface area contributed by atoms with Crippen molar-refractivity contribution in [3.8, 4) is 16.3 Å². The zero-order valence-electron chi connectivity index (χ0n) is 12.6. The number of hydrogen-bond donors (Lipinski definition) is 3. The van der Waals surface area contributed by atoms with Crippen LogP contribution in [0.4, 0.5) is 0 Å². The van der Waals surface area contributed by atoms with Crippen LogP contribution in [0.25, 0.3) is 10.6 Å². The van der Waals surface area contributed by atoms with Crippen LogP contribution in [0.1, 0.15) is 23.0 Å². The van der Waals surface area contributed by atoms with Crippen molar-refractivity contribution in [1.82, 2.24) is 15.6 Å². The second kappa shape index (κ2) is 6.86. The number of hydrazone groups is 1. The summed E-state index contributed by atoms with van der Waals surface area (Å²) in [5.74, 6) is -0.244. The maximum Gasteiger partial charge on any atom is 0.291 e. The van der Waals surface area contributed by atoms with Gasteiger partial charge in [-0.2, -0.15) is 10.2 Å². The largest absolute Gasteiger partial charge is 0.508 e.